The molecule has 0 unspecified atom stereocenters. The molecule has 0 aliphatic carbocycles. The number of aromatic nitrogens is 1. The first kappa shape index (κ1) is 15.7. The lowest BCUT2D eigenvalue weighted by Crippen LogP contribution is -2.37. The summed E-state index contributed by atoms with van der Waals surface area (Å²) >= 11 is 6.96. The van der Waals surface area contributed by atoms with Crippen LogP contribution in [0.3, 0.4) is 0 Å². The molecule has 0 fully saturated rings. The predicted octanol–water partition coefficient (Wildman–Crippen LogP) is 4.80. The van der Waals surface area contributed by atoms with Crippen LogP contribution < -0.4 is 5.32 Å². The van der Waals surface area contributed by atoms with Gasteiger partial charge in [0.05, 0.1) is 6.20 Å². The molecule has 0 saturated carbocycles. The Labute approximate surface area is 136 Å². The fraction of sp³-hybridized carbons (Fsp3) is 0.400. The minimum absolute atomic E-state index is 0.116. The molecule has 3 nitrogen and oxygen atoms in total. The highest BCUT2D eigenvalue weighted by molar-refractivity contribution is 9.11. The molecule has 0 radical (unpaired) electrons. The minimum Gasteiger partial charge on any atom is -0.441 e. The number of nitrogens with zero attached hydrogens (tertiary/aromatic N) is 1. The maximum absolute atomic E-state index is 5.80. The number of nitrogens with one attached hydrogen (secondary N) is 1. The van der Waals surface area contributed by atoms with Gasteiger partial charge >= 0.3 is 0 Å². The Kier molecular flexibility index (Phi) is 5.04. The maximum Gasteiger partial charge on any atom is 0.196 e. The van der Waals surface area contributed by atoms with Crippen molar-refractivity contribution < 1.29 is 4.42 Å². The van der Waals surface area contributed by atoms with Crippen LogP contribution in [-0.4, -0.2) is 17.1 Å². The van der Waals surface area contributed by atoms with Crippen LogP contribution in [0.2, 0.25) is 0 Å². The molecular weight excluding hydrogens is 384 g/mol. The van der Waals surface area contributed by atoms with E-state index in [0.717, 1.165) is 39.1 Å². The molecule has 1 heterocycles. The lowest BCUT2D eigenvalue weighted by Gasteiger charge is -2.19. The van der Waals surface area contributed by atoms with Gasteiger partial charge in [-0.15, -0.1) is 0 Å². The fourth-order valence-corrected chi connectivity index (χ4v) is 3.09. The van der Waals surface area contributed by atoms with Gasteiger partial charge in [0, 0.05) is 33.0 Å². The number of hydrogen-bond donors (Lipinski definition) is 1. The molecule has 1 N–H and O–H groups in total. The van der Waals surface area contributed by atoms with Crippen molar-refractivity contribution in [1.82, 2.24) is 10.3 Å². The van der Waals surface area contributed by atoms with Crippen molar-refractivity contribution in [3.05, 3.63) is 39.2 Å². The minimum atomic E-state index is 0.116. The highest BCUT2D eigenvalue weighted by Gasteiger charge is 2.11. The van der Waals surface area contributed by atoms with Crippen LogP contribution in [0.1, 0.15) is 26.7 Å². The van der Waals surface area contributed by atoms with E-state index < -0.39 is 0 Å². The molecule has 1 aromatic heterocycles. The van der Waals surface area contributed by atoms with E-state index in [2.05, 4.69) is 62.9 Å². The van der Waals surface area contributed by atoms with Gasteiger partial charge in [-0.1, -0.05) is 31.9 Å². The van der Waals surface area contributed by atoms with Crippen molar-refractivity contribution in [2.75, 3.05) is 6.54 Å². The molecule has 0 aliphatic rings. The average molecular weight is 402 g/mol. The summed E-state index contributed by atoms with van der Waals surface area (Å²) in [6.07, 6.45) is 2.56. The molecule has 2 rings (SSSR count). The van der Waals surface area contributed by atoms with E-state index in [1.54, 1.807) is 6.20 Å². The van der Waals surface area contributed by atoms with E-state index in [1.165, 1.54) is 0 Å². The van der Waals surface area contributed by atoms with Crippen molar-refractivity contribution in [3.63, 3.8) is 0 Å². The highest BCUT2D eigenvalue weighted by Crippen LogP contribution is 2.28. The first-order chi connectivity index (χ1) is 9.33. The Hall–Kier alpha value is -0.650. The number of oxazole rings is 1. The van der Waals surface area contributed by atoms with Crippen molar-refractivity contribution >= 4 is 31.9 Å². The van der Waals surface area contributed by atoms with E-state index in [0.29, 0.717) is 0 Å². The summed E-state index contributed by atoms with van der Waals surface area (Å²) in [7, 11) is 0. The normalized spacial score (nSPS) is 11.8. The van der Waals surface area contributed by atoms with Crippen LogP contribution in [0.4, 0.5) is 0 Å². The maximum atomic E-state index is 5.80. The van der Waals surface area contributed by atoms with Gasteiger partial charge in [0.1, 0.15) is 0 Å². The van der Waals surface area contributed by atoms with Gasteiger partial charge in [0.25, 0.3) is 0 Å². The molecule has 1 aromatic carbocycles. The van der Waals surface area contributed by atoms with E-state index in [1.807, 2.05) is 18.2 Å². The molecule has 0 aliphatic heterocycles. The van der Waals surface area contributed by atoms with Crippen LogP contribution in [0.5, 0.6) is 0 Å². The smallest absolute Gasteiger partial charge is 0.196 e. The zero-order valence-corrected chi connectivity index (χ0v) is 15.0. The Balaban J connectivity index is 2.05. The topological polar surface area (TPSA) is 38.1 Å². The molecule has 0 bridgehead atoms. The summed E-state index contributed by atoms with van der Waals surface area (Å²) in [5.41, 5.74) is 1.12. The van der Waals surface area contributed by atoms with E-state index in [4.69, 9.17) is 4.42 Å². The molecular formula is C15H18Br2N2O. The number of hydrogen-bond acceptors (Lipinski definition) is 3. The molecule has 108 valence electrons. The zero-order valence-electron chi connectivity index (χ0n) is 11.8. The monoisotopic (exact) mass is 400 g/mol. The summed E-state index contributed by atoms with van der Waals surface area (Å²) in [6, 6.07) is 6.03. The van der Waals surface area contributed by atoms with Gasteiger partial charge < -0.3 is 9.73 Å². The zero-order chi connectivity index (χ0) is 14.8. The second-order valence-electron chi connectivity index (χ2n) is 5.70. The van der Waals surface area contributed by atoms with Crippen molar-refractivity contribution in [2.24, 2.45) is 0 Å². The standard InChI is InChI=1S/C15H18Br2N2O/c1-15(2,3)19-5-4-14-18-9-13(20-14)10-6-11(16)8-12(17)7-10/h6-9,19H,4-5H2,1-3H3. The van der Waals surface area contributed by atoms with Crippen LogP contribution in [-0.2, 0) is 6.42 Å². The van der Waals surface area contributed by atoms with E-state index in [9.17, 15) is 0 Å². The van der Waals surface area contributed by atoms with Crippen molar-refractivity contribution in [2.45, 2.75) is 32.7 Å². The third-order valence-electron chi connectivity index (χ3n) is 2.69. The van der Waals surface area contributed by atoms with Crippen LogP contribution >= 0.6 is 31.9 Å². The largest absolute Gasteiger partial charge is 0.441 e. The predicted molar refractivity (Wildman–Crippen MR) is 88.8 cm³/mol. The molecule has 0 spiro atoms. The summed E-state index contributed by atoms with van der Waals surface area (Å²) in [5, 5.41) is 3.42. The van der Waals surface area contributed by atoms with Gasteiger partial charge in [-0.3, -0.25) is 0 Å². The van der Waals surface area contributed by atoms with Gasteiger partial charge in [0.2, 0.25) is 0 Å². The Bertz CT molecular complexity index is 568. The summed E-state index contributed by atoms with van der Waals surface area (Å²) in [5.74, 6) is 1.55. The number of benzene rings is 1. The second kappa shape index (κ2) is 6.41. The summed E-state index contributed by atoms with van der Waals surface area (Å²) in [4.78, 5) is 4.33. The van der Waals surface area contributed by atoms with Crippen LogP contribution in [0, 0.1) is 0 Å². The van der Waals surface area contributed by atoms with Gasteiger partial charge in [-0.25, -0.2) is 4.98 Å². The van der Waals surface area contributed by atoms with Gasteiger partial charge in [0.15, 0.2) is 11.7 Å². The number of halogens is 2. The molecule has 0 amide bonds. The van der Waals surface area contributed by atoms with E-state index >= 15 is 0 Å². The molecule has 0 saturated heterocycles. The quantitative estimate of drug-likeness (QED) is 0.799. The molecule has 2 aromatic rings. The lowest BCUT2D eigenvalue weighted by molar-refractivity contribution is 0.412. The number of rotatable bonds is 4. The van der Waals surface area contributed by atoms with Gasteiger partial charge in [-0.05, 0) is 39.0 Å². The SMILES string of the molecule is CC(C)(C)NCCc1ncc(-c2cc(Br)cc(Br)c2)o1. The van der Waals surface area contributed by atoms with Crippen molar-refractivity contribution in [1.29, 1.82) is 0 Å². The van der Waals surface area contributed by atoms with E-state index in [-0.39, 0.29) is 5.54 Å². The average Bonchev–Trinajstić information content (AvgIpc) is 2.74. The second-order valence-corrected chi connectivity index (χ2v) is 7.53. The van der Waals surface area contributed by atoms with Crippen LogP contribution in [0.25, 0.3) is 11.3 Å². The molecule has 5 heteroatoms. The van der Waals surface area contributed by atoms with Crippen LogP contribution in [0.15, 0.2) is 37.8 Å². The lowest BCUT2D eigenvalue weighted by atomic mass is 10.1. The highest BCUT2D eigenvalue weighted by atomic mass is 79.9. The fourth-order valence-electron chi connectivity index (χ4n) is 1.80. The molecule has 0 atom stereocenters. The van der Waals surface area contributed by atoms with Gasteiger partial charge in [-0.2, -0.15) is 0 Å². The summed E-state index contributed by atoms with van der Waals surface area (Å²) < 4.78 is 7.82. The Morgan fingerprint density at radius 2 is 1.80 bits per heavy atom. The first-order valence-electron chi connectivity index (χ1n) is 6.50. The Morgan fingerprint density at radius 1 is 1.15 bits per heavy atom. The molecule has 20 heavy (non-hydrogen) atoms. The summed E-state index contributed by atoms with van der Waals surface area (Å²) in [6.45, 7) is 7.29. The Morgan fingerprint density at radius 3 is 2.40 bits per heavy atom. The third kappa shape index (κ3) is 4.72. The third-order valence-corrected chi connectivity index (χ3v) is 3.61. The van der Waals surface area contributed by atoms with Crippen molar-refractivity contribution in [3.8, 4) is 11.3 Å². The first-order valence-corrected chi connectivity index (χ1v) is 8.08.